The van der Waals surface area contributed by atoms with Gasteiger partial charge in [0.1, 0.15) is 9.79 Å². The Morgan fingerprint density at radius 3 is 1.54 bits per heavy atom. The first-order valence-corrected chi connectivity index (χ1v) is 10.3. The molecular formula is C20H14O6S2. The van der Waals surface area contributed by atoms with Gasteiger partial charge in [0.25, 0.3) is 0 Å². The van der Waals surface area contributed by atoms with Gasteiger partial charge >= 0.3 is 11.3 Å². The lowest BCUT2D eigenvalue weighted by molar-refractivity contribution is 0.405. The SMILES string of the molecule is COc1cccc2cc(SSc3cc4cccc(OC)c4oc3=O)c(=O)oc12. The number of rotatable bonds is 5. The van der Waals surface area contributed by atoms with Crippen molar-refractivity contribution in [3.05, 3.63) is 69.4 Å². The predicted octanol–water partition coefficient (Wildman–Crippen LogP) is 4.72. The highest BCUT2D eigenvalue weighted by atomic mass is 33.1. The average Bonchev–Trinajstić information content (AvgIpc) is 2.71. The Hall–Kier alpha value is -2.84. The van der Waals surface area contributed by atoms with Gasteiger partial charge in [-0.3, -0.25) is 0 Å². The van der Waals surface area contributed by atoms with Gasteiger partial charge in [-0.05, 0) is 45.9 Å². The molecule has 0 N–H and O–H groups in total. The van der Waals surface area contributed by atoms with E-state index in [9.17, 15) is 9.59 Å². The summed E-state index contributed by atoms with van der Waals surface area (Å²) < 4.78 is 21.2. The normalized spacial score (nSPS) is 11.1. The second kappa shape index (κ2) is 7.65. The lowest BCUT2D eigenvalue weighted by Gasteiger charge is -2.06. The third-order valence-corrected chi connectivity index (χ3v) is 6.38. The Morgan fingerprint density at radius 1 is 0.714 bits per heavy atom. The lowest BCUT2D eigenvalue weighted by Crippen LogP contribution is -2.03. The average molecular weight is 414 g/mol. The zero-order chi connectivity index (χ0) is 19.7. The van der Waals surface area contributed by atoms with Crippen LogP contribution in [-0.4, -0.2) is 14.2 Å². The van der Waals surface area contributed by atoms with Gasteiger partial charge in [0.05, 0.1) is 14.2 Å². The van der Waals surface area contributed by atoms with Gasteiger partial charge in [-0.25, -0.2) is 9.59 Å². The number of benzene rings is 2. The van der Waals surface area contributed by atoms with Gasteiger partial charge in [-0.15, -0.1) is 0 Å². The molecule has 4 aromatic rings. The van der Waals surface area contributed by atoms with Crippen molar-refractivity contribution < 1.29 is 18.3 Å². The summed E-state index contributed by atoms with van der Waals surface area (Å²) in [7, 11) is 5.31. The molecule has 0 fully saturated rings. The van der Waals surface area contributed by atoms with Crippen LogP contribution < -0.4 is 20.7 Å². The topological polar surface area (TPSA) is 78.9 Å². The quantitative estimate of drug-likeness (QED) is 0.343. The molecule has 0 aliphatic carbocycles. The van der Waals surface area contributed by atoms with Gasteiger partial charge in [0, 0.05) is 10.8 Å². The molecule has 0 amide bonds. The largest absolute Gasteiger partial charge is 0.493 e. The molecule has 4 rings (SSSR count). The van der Waals surface area contributed by atoms with Crippen LogP contribution in [-0.2, 0) is 0 Å². The maximum Gasteiger partial charge on any atom is 0.351 e. The molecule has 0 aliphatic heterocycles. The van der Waals surface area contributed by atoms with Crippen LogP contribution in [0, 0.1) is 0 Å². The van der Waals surface area contributed by atoms with Crippen LogP contribution in [0.25, 0.3) is 21.9 Å². The summed E-state index contributed by atoms with van der Waals surface area (Å²) in [6.07, 6.45) is 0. The molecule has 0 radical (unpaired) electrons. The molecule has 2 heterocycles. The van der Waals surface area contributed by atoms with E-state index < -0.39 is 11.3 Å². The smallest absolute Gasteiger partial charge is 0.351 e. The van der Waals surface area contributed by atoms with Crippen LogP contribution in [0.1, 0.15) is 0 Å². The zero-order valence-electron chi connectivity index (χ0n) is 14.9. The maximum absolute atomic E-state index is 12.3. The van der Waals surface area contributed by atoms with Crippen LogP contribution in [0.4, 0.5) is 0 Å². The second-order valence-corrected chi connectivity index (χ2v) is 7.93. The van der Waals surface area contributed by atoms with Gasteiger partial charge in [-0.1, -0.05) is 24.3 Å². The van der Waals surface area contributed by atoms with E-state index in [0.29, 0.717) is 32.5 Å². The van der Waals surface area contributed by atoms with E-state index in [1.807, 2.05) is 24.3 Å². The van der Waals surface area contributed by atoms with E-state index in [-0.39, 0.29) is 0 Å². The van der Waals surface area contributed by atoms with Crippen molar-refractivity contribution in [2.45, 2.75) is 9.79 Å². The highest BCUT2D eigenvalue weighted by Crippen LogP contribution is 2.37. The minimum atomic E-state index is -0.499. The Labute approximate surface area is 166 Å². The molecule has 6 nitrogen and oxygen atoms in total. The first-order valence-electron chi connectivity index (χ1n) is 8.17. The summed E-state index contributed by atoms with van der Waals surface area (Å²) in [5.41, 5.74) is -0.217. The van der Waals surface area contributed by atoms with Gasteiger partial charge in [-0.2, -0.15) is 0 Å². The third-order valence-electron chi connectivity index (χ3n) is 4.04. The van der Waals surface area contributed by atoms with E-state index in [4.69, 9.17) is 18.3 Å². The van der Waals surface area contributed by atoms with Crippen LogP contribution in [0.15, 0.2) is 76.7 Å². The highest BCUT2D eigenvalue weighted by molar-refractivity contribution is 8.76. The van der Waals surface area contributed by atoms with Crippen LogP contribution >= 0.6 is 21.6 Å². The number of methoxy groups -OCH3 is 2. The zero-order valence-corrected chi connectivity index (χ0v) is 16.5. The summed E-state index contributed by atoms with van der Waals surface area (Å²) in [6.45, 7) is 0. The number of fused-ring (bicyclic) bond motifs is 2. The number of ether oxygens (including phenoxy) is 2. The van der Waals surface area contributed by atoms with E-state index >= 15 is 0 Å². The Morgan fingerprint density at radius 2 is 1.14 bits per heavy atom. The molecule has 142 valence electrons. The van der Waals surface area contributed by atoms with E-state index in [1.165, 1.54) is 14.2 Å². The van der Waals surface area contributed by atoms with Crippen molar-refractivity contribution in [1.29, 1.82) is 0 Å². The standard InChI is InChI=1S/C20H14O6S2/c1-23-13-7-3-5-11-9-15(19(21)25-17(11)13)27-28-16-10-12-6-4-8-14(24-2)18(12)26-20(16)22/h3-10H,1-2H3. The summed E-state index contributed by atoms with van der Waals surface area (Å²) in [5, 5.41) is 1.47. The first kappa shape index (κ1) is 18.5. The maximum atomic E-state index is 12.3. The Kier molecular flexibility index (Phi) is 5.06. The fourth-order valence-electron chi connectivity index (χ4n) is 2.73. The van der Waals surface area contributed by atoms with Crippen molar-refractivity contribution in [2.75, 3.05) is 14.2 Å². The molecule has 0 spiro atoms. The summed E-state index contributed by atoms with van der Waals surface area (Å²) in [6, 6.07) is 14.2. The van der Waals surface area contributed by atoms with Crippen molar-refractivity contribution in [1.82, 2.24) is 0 Å². The molecule has 0 atom stereocenters. The molecule has 0 saturated heterocycles. The fraction of sp³-hybridized carbons (Fsp3) is 0.100. The molecule has 2 aromatic carbocycles. The van der Waals surface area contributed by atoms with E-state index in [2.05, 4.69) is 0 Å². The molecule has 0 aliphatic rings. The van der Waals surface area contributed by atoms with Crippen molar-refractivity contribution in [2.24, 2.45) is 0 Å². The van der Waals surface area contributed by atoms with Crippen molar-refractivity contribution in [3.63, 3.8) is 0 Å². The second-order valence-electron chi connectivity index (χ2n) is 5.72. The fourth-order valence-corrected chi connectivity index (χ4v) is 4.71. The first-order chi connectivity index (χ1) is 13.6. The monoisotopic (exact) mass is 414 g/mol. The van der Waals surface area contributed by atoms with Crippen molar-refractivity contribution >= 4 is 43.5 Å². The highest BCUT2D eigenvalue weighted by Gasteiger charge is 2.14. The number of hydrogen-bond donors (Lipinski definition) is 0. The molecule has 0 bridgehead atoms. The van der Waals surface area contributed by atoms with E-state index in [0.717, 1.165) is 32.4 Å². The number of para-hydroxylation sites is 2. The summed E-state index contributed by atoms with van der Waals surface area (Å²) in [5.74, 6) is 0.978. The minimum Gasteiger partial charge on any atom is -0.493 e. The van der Waals surface area contributed by atoms with Gasteiger partial charge in [0.2, 0.25) is 0 Å². The Bertz CT molecular complexity index is 1190. The Balaban J connectivity index is 1.68. The molecule has 0 saturated carbocycles. The predicted molar refractivity (Wildman–Crippen MR) is 110 cm³/mol. The summed E-state index contributed by atoms with van der Waals surface area (Å²) >= 11 is 0. The lowest BCUT2D eigenvalue weighted by atomic mass is 10.2. The van der Waals surface area contributed by atoms with Gasteiger partial charge < -0.3 is 18.3 Å². The van der Waals surface area contributed by atoms with Crippen LogP contribution in [0.2, 0.25) is 0 Å². The molecular weight excluding hydrogens is 400 g/mol. The summed E-state index contributed by atoms with van der Waals surface area (Å²) in [4.78, 5) is 25.4. The third kappa shape index (κ3) is 3.36. The molecule has 0 unspecified atom stereocenters. The molecule has 8 heteroatoms. The van der Waals surface area contributed by atoms with Gasteiger partial charge in [0.15, 0.2) is 22.7 Å². The number of hydrogen-bond acceptors (Lipinski definition) is 8. The van der Waals surface area contributed by atoms with Crippen molar-refractivity contribution in [3.8, 4) is 11.5 Å². The molecule has 28 heavy (non-hydrogen) atoms. The molecule has 2 aromatic heterocycles. The van der Waals surface area contributed by atoms with Crippen LogP contribution in [0.3, 0.4) is 0 Å². The van der Waals surface area contributed by atoms with E-state index in [1.54, 1.807) is 24.3 Å². The minimum absolute atomic E-state index is 0.371. The van der Waals surface area contributed by atoms with Crippen LogP contribution in [0.5, 0.6) is 11.5 Å².